The third kappa shape index (κ3) is 4.89. The molecule has 0 bridgehead atoms. The molecule has 6 nitrogen and oxygen atoms in total. The highest BCUT2D eigenvalue weighted by molar-refractivity contribution is 6.35. The van der Waals surface area contributed by atoms with E-state index in [-0.39, 0.29) is 17.0 Å². The van der Waals surface area contributed by atoms with Gasteiger partial charge in [0.2, 0.25) is 0 Å². The largest absolute Gasteiger partial charge is 0.379 e. The second kappa shape index (κ2) is 9.80. The second-order valence-corrected chi connectivity index (χ2v) is 10.8. The van der Waals surface area contributed by atoms with Crippen LogP contribution in [0.15, 0.2) is 24.3 Å². The van der Waals surface area contributed by atoms with E-state index in [1.807, 2.05) is 12.1 Å². The van der Waals surface area contributed by atoms with Crippen molar-refractivity contribution in [3.8, 4) is 0 Å². The molecule has 0 N–H and O–H groups in total. The Bertz CT molecular complexity index is 940. The molecule has 1 aliphatic carbocycles. The predicted octanol–water partition coefficient (Wildman–Crippen LogP) is 5.77. The number of hydrogen-bond donors (Lipinski definition) is 0. The number of hydrogen-bond acceptors (Lipinski definition) is 5. The third-order valence-corrected chi connectivity index (χ3v) is 7.34. The Morgan fingerprint density at radius 2 is 1.81 bits per heavy atom. The quantitative estimate of drug-likeness (QED) is 0.546. The summed E-state index contributed by atoms with van der Waals surface area (Å²) < 4.78 is 7.72. The van der Waals surface area contributed by atoms with Gasteiger partial charge in [0.05, 0.1) is 24.8 Å². The fourth-order valence-electron chi connectivity index (χ4n) is 5.07. The lowest BCUT2D eigenvalue weighted by Gasteiger charge is -2.47. The monoisotopic (exact) mass is 477 g/mol. The van der Waals surface area contributed by atoms with Crippen LogP contribution in [-0.2, 0) is 10.3 Å². The number of tetrazole rings is 1. The van der Waals surface area contributed by atoms with Gasteiger partial charge < -0.3 is 4.74 Å². The van der Waals surface area contributed by atoms with E-state index in [9.17, 15) is 0 Å². The molecule has 1 atom stereocenters. The molecule has 1 aliphatic heterocycles. The Labute approximate surface area is 200 Å². The molecule has 2 heterocycles. The molecule has 1 aromatic carbocycles. The van der Waals surface area contributed by atoms with Crippen molar-refractivity contribution >= 4 is 29.3 Å². The standard InChI is InChI=1S/C24H33Cl2N5O/c1-23(2,3)21(10-8-18-7-9-19(25)17-20(18)26)31-22(27-28-29-31)24(11-5-4-6-12-24)30-13-15-32-16-14-30/h7-10,17,21H,4-6,11-16H2,1-3H3/b10-8+/t21-/m0/s1. The summed E-state index contributed by atoms with van der Waals surface area (Å²) in [6, 6.07) is 5.54. The molecule has 0 amide bonds. The van der Waals surface area contributed by atoms with Gasteiger partial charge in [-0.3, -0.25) is 4.90 Å². The van der Waals surface area contributed by atoms with E-state index in [0.29, 0.717) is 10.0 Å². The van der Waals surface area contributed by atoms with Crippen molar-refractivity contribution in [3.05, 3.63) is 45.7 Å². The van der Waals surface area contributed by atoms with E-state index in [0.717, 1.165) is 50.5 Å². The van der Waals surface area contributed by atoms with Crippen molar-refractivity contribution in [1.82, 2.24) is 25.1 Å². The first-order valence-electron chi connectivity index (χ1n) is 11.6. The smallest absolute Gasteiger partial charge is 0.172 e. The first kappa shape index (κ1) is 23.7. The van der Waals surface area contributed by atoms with Crippen LogP contribution in [0.5, 0.6) is 0 Å². The zero-order chi connectivity index (χ0) is 22.8. The lowest BCUT2D eigenvalue weighted by molar-refractivity contribution is -0.0470. The van der Waals surface area contributed by atoms with Crippen molar-refractivity contribution in [3.63, 3.8) is 0 Å². The van der Waals surface area contributed by atoms with Gasteiger partial charge in [-0.1, -0.05) is 81.5 Å². The van der Waals surface area contributed by atoms with Gasteiger partial charge in [-0.05, 0) is 46.4 Å². The van der Waals surface area contributed by atoms with Crippen LogP contribution in [0.2, 0.25) is 10.0 Å². The molecule has 1 saturated heterocycles. The van der Waals surface area contributed by atoms with E-state index < -0.39 is 0 Å². The molecule has 0 radical (unpaired) electrons. The summed E-state index contributed by atoms with van der Waals surface area (Å²) in [6.07, 6.45) is 10.0. The van der Waals surface area contributed by atoms with Crippen molar-refractivity contribution < 1.29 is 4.74 Å². The van der Waals surface area contributed by atoms with Crippen LogP contribution >= 0.6 is 23.2 Å². The number of halogens is 2. The molecule has 0 unspecified atom stereocenters. The fourth-order valence-corrected chi connectivity index (χ4v) is 5.54. The third-order valence-electron chi connectivity index (χ3n) is 6.78. The van der Waals surface area contributed by atoms with Gasteiger partial charge in [0, 0.05) is 23.1 Å². The van der Waals surface area contributed by atoms with Gasteiger partial charge in [0.1, 0.15) is 0 Å². The van der Waals surface area contributed by atoms with Gasteiger partial charge in [0.15, 0.2) is 5.82 Å². The van der Waals surface area contributed by atoms with Crippen LogP contribution in [0.25, 0.3) is 6.08 Å². The van der Waals surface area contributed by atoms with Crippen molar-refractivity contribution in [1.29, 1.82) is 0 Å². The van der Waals surface area contributed by atoms with E-state index in [4.69, 9.17) is 27.9 Å². The molecule has 2 aliphatic rings. The van der Waals surface area contributed by atoms with Crippen LogP contribution in [0, 0.1) is 5.41 Å². The van der Waals surface area contributed by atoms with E-state index in [2.05, 4.69) is 58.0 Å². The van der Waals surface area contributed by atoms with Crippen LogP contribution in [-0.4, -0.2) is 51.4 Å². The molecular weight excluding hydrogens is 445 g/mol. The lowest BCUT2D eigenvalue weighted by Crippen LogP contribution is -2.54. The van der Waals surface area contributed by atoms with Gasteiger partial charge >= 0.3 is 0 Å². The zero-order valence-corrected chi connectivity index (χ0v) is 20.7. The molecule has 2 fully saturated rings. The molecule has 2 aromatic rings. The topological polar surface area (TPSA) is 56.1 Å². The van der Waals surface area contributed by atoms with Gasteiger partial charge in [0.25, 0.3) is 0 Å². The summed E-state index contributed by atoms with van der Waals surface area (Å²) in [6.45, 7) is 10.0. The molecule has 174 valence electrons. The Balaban J connectivity index is 1.74. The Morgan fingerprint density at radius 3 is 2.47 bits per heavy atom. The van der Waals surface area contributed by atoms with E-state index >= 15 is 0 Å². The summed E-state index contributed by atoms with van der Waals surface area (Å²) in [5, 5.41) is 14.6. The molecule has 4 rings (SSSR count). The Kier molecular flexibility index (Phi) is 7.25. The minimum Gasteiger partial charge on any atom is -0.379 e. The zero-order valence-electron chi connectivity index (χ0n) is 19.2. The maximum absolute atomic E-state index is 6.43. The first-order valence-corrected chi connectivity index (χ1v) is 12.3. The van der Waals surface area contributed by atoms with Crippen LogP contribution in [0.4, 0.5) is 0 Å². The molecular formula is C24H33Cl2N5O. The molecule has 1 aromatic heterocycles. The van der Waals surface area contributed by atoms with Crippen molar-refractivity contribution in [2.24, 2.45) is 5.41 Å². The van der Waals surface area contributed by atoms with Gasteiger partial charge in [-0.15, -0.1) is 5.10 Å². The van der Waals surface area contributed by atoms with Gasteiger partial charge in [-0.2, -0.15) is 0 Å². The maximum Gasteiger partial charge on any atom is 0.172 e. The summed E-state index contributed by atoms with van der Waals surface area (Å²) in [5.41, 5.74) is 0.696. The number of morpholine rings is 1. The van der Waals surface area contributed by atoms with E-state index in [1.54, 1.807) is 6.07 Å². The average Bonchev–Trinajstić information content (AvgIpc) is 3.25. The summed E-state index contributed by atoms with van der Waals surface area (Å²) >= 11 is 12.5. The number of nitrogens with zero attached hydrogens (tertiary/aromatic N) is 5. The normalized spacial score (nSPS) is 21.2. The number of benzene rings is 1. The molecule has 8 heteroatoms. The Morgan fingerprint density at radius 1 is 1.09 bits per heavy atom. The van der Waals surface area contributed by atoms with Crippen molar-refractivity contribution in [2.75, 3.05) is 26.3 Å². The number of allylic oxidation sites excluding steroid dienone is 1. The minimum absolute atomic E-state index is 0.0286. The van der Waals surface area contributed by atoms with E-state index in [1.165, 1.54) is 19.3 Å². The number of aromatic nitrogens is 4. The number of ether oxygens (including phenoxy) is 1. The highest BCUT2D eigenvalue weighted by Gasteiger charge is 2.45. The van der Waals surface area contributed by atoms with Crippen molar-refractivity contribution in [2.45, 2.75) is 64.5 Å². The summed E-state index contributed by atoms with van der Waals surface area (Å²) in [7, 11) is 0. The second-order valence-electron chi connectivity index (χ2n) is 9.97. The fraction of sp³-hybridized carbons (Fsp3) is 0.625. The van der Waals surface area contributed by atoms with Gasteiger partial charge in [-0.25, -0.2) is 4.68 Å². The highest BCUT2D eigenvalue weighted by atomic mass is 35.5. The molecule has 0 spiro atoms. The summed E-state index contributed by atoms with van der Waals surface area (Å²) in [4.78, 5) is 2.57. The lowest BCUT2D eigenvalue weighted by atomic mass is 9.78. The predicted molar refractivity (Wildman–Crippen MR) is 129 cm³/mol. The van der Waals surface area contributed by atoms with Crippen LogP contribution in [0.3, 0.4) is 0 Å². The SMILES string of the molecule is CC(C)(C)[C@H](/C=C/c1ccc(Cl)cc1Cl)n1nnnc1C1(N2CCOCC2)CCCCC1. The first-order chi connectivity index (χ1) is 15.3. The van der Waals surface area contributed by atoms with Crippen LogP contribution in [0.1, 0.15) is 70.3 Å². The highest BCUT2D eigenvalue weighted by Crippen LogP contribution is 2.44. The Hall–Kier alpha value is -1.47. The molecule has 1 saturated carbocycles. The summed E-state index contributed by atoms with van der Waals surface area (Å²) in [5.74, 6) is 0.978. The maximum atomic E-state index is 6.43. The minimum atomic E-state index is -0.138. The average molecular weight is 478 g/mol. The van der Waals surface area contributed by atoms with Crippen LogP contribution < -0.4 is 0 Å². The molecule has 32 heavy (non-hydrogen) atoms. The number of rotatable bonds is 5.